The van der Waals surface area contributed by atoms with Crippen LogP contribution in [0, 0.1) is 0 Å². The number of aromatic nitrogens is 3. The van der Waals surface area contributed by atoms with Crippen molar-refractivity contribution in [1.29, 1.82) is 0 Å². The highest BCUT2D eigenvalue weighted by Gasteiger charge is 2.22. The Kier molecular flexibility index (Phi) is 3.72. The average molecular weight is 332 g/mol. The van der Waals surface area contributed by atoms with E-state index in [1.807, 2.05) is 36.4 Å². The molecule has 3 heterocycles. The van der Waals surface area contributed by atoms with Crippen LogP contribution >= 0.6 is 11.3 Å². The Hall–Kier alpha value is -3.12. The number of amides is 1. The molecule has 5 nitrogen and oxygen atoms in total. The van der Waals surface area contributed by atoms with Gasteiger partial charge in [0.15, 0.2) is 0 Å². The lowest BCUT2D eigenvalue weighted by molar-refractivity contribution is 0.0995. The number of nitrogens with zero attached hydrogens (tertiary/aromatic N) is 4. The zero-order chi connectivity index (χ0) is 16.4. The van der Waals surface area contributed by atoms with Crippen LogP contribution in [0.1, 0.15) is 10.5 Å². The number of hydrogen-bond acceptors (Lipinski definition) is 5. The molecule has 0 aliphatic rings. The summed E-state index contributed by atoms with van der Waals surface area (Å²) in [6.45, 7) is 0. The van der Waals surface area contributed by atoms with E-state index in [1.165, 1.54) is 17.7 Å². The molecule has 0 atom stereocenters. The summed E-state index contributed by atoms with van der Waals surface area (Å²) in [7, 11) is 0. The van der Waals surface area contributed by atoms with E-state index in [0.29, 0.717) is 5.69 Å². The second-order valence-electron chi connectivity index (χ2n) is 5.06. The molecule has 0 aliphatic carbocycles. The van der Waals surface area contributed by atoms with Gasteiger partial charge in [0, 0.05) is 17.8 Å². The van der Waals surface area contributed by atoms with Crippen molar-refractivity contribution in [2.45, 2.75) is 0 Å². The molecule has 0 spiro atoms. The van der Waals surface area contributed by atoms with Crippen molar-refractivity contribution in [3.63, 3.8) is 0 Å². The first kappa shape index (κ1) is 14.5. The summed E-state index contributed by atoms with van der Waals surface area (Å²) < 4.78 is 0. The van der Waals surface area contributed by atoms with E-state index < -0.39 is 0 Å². The molecule has 1 amide bonds. The molecule has 0 fully saturated rings. The lowest BCUT2D eigenvalue weighted by Crippen LogP contribution is -2.25. The van der Waals surface area contributed by atoms with Gasteiger partial charge >= 0.3 is 0 Å². The van der Waals surface area contributed by atoms with Crippen LogP contribution in [0.4, 0.5) is 10.7 Å². The Morgan fingerprint density at radius 2 is 1.83 bits per heavy atom. The van der Waals surface area contributed by atoms with Gasteiger partial charge in [0.25, 0.3) is 5.91 Å². The summed E-state index contributed by atoms with van der Waals surface area (Å²) in [5.74, 6) is -0.179. The Bertz CT molecular complexity index is 953. The van der Waals surface area contributed by atoms with Gasteiger partial charge in [-0.25, -0.2) is 9.97 Å². The molecule has 0 unspecified atom stereocenters. The fraction of sp³-hybridized carbons (Fsp3) is 0. The first-order chi connectivity index (χ1) is 11.8. The summed E-state index contributed by atoms with van der Waals surface area (Å²) in [6.07, 6.45) is 4.87. The molecular weight excluding hydrogens is 320 g/mol. The Balaban J connectivity index is 1.86. The minimum Gasteiger partial charge on any atom is -0.266 e. The van der Waals surface area contributed by atoms with E-state index in [0.717, 1.165) is 20.9 Å². The van der Waals surface area contributed by atoms with Crippen molar-refractivity contribution < 1.29 is 4.79 Å². The molecule has 6 heteroatoms. The molecule has 116 valence electrons. The van der Waals surface area contributed by atoms with Crippen LogP contribution in [-0.2, 0) is 0 Å². The van der Waals surface area contributed by atoms with Crippen molar-refractivity contribution in [3.8, 4) is 0 Å². The van der Waals surface area contributed by atoms with Gasteiger partial charge in [0.2, 0.25) is 0 Å². The number of pyridine rings is 1. The maximum absolute atomic E-state index is 13.1. The van der Waals surface area contributed by atoms with Gasteiger partial charge in [-0.1, -0.05) is 35.6 Å². The maximum atomic E-state index is 13.1. The van der Waals surface area contributed by atoms with Gasteiger partial charge in [-0.3, -0.25) is 14.7 Å². The SMILES string of the molecule is O=C(c1ccccn1)N(c1ccccc1)c1cc2cncnc2s1. The van der Waals surface area contributed by atoms with Crippen molar-refractivity contribution in [2.24, 2.45) is 0 Å². The van der Waals surface area contributed by atoms with Gasteiger partial charge in [-0.2, -0.15) is 0 Å². The van der Waals surface area contributed by atoms with Gasteiger partial charge < -0.3 is 0 Å². The van der Waals surface area contributed by atoms with Crippen LogP contribution in [0.2, 0.25) is 0 Å². The predicted octanol–water partition coefficient (Wildman–Crippen LogP) is 4.06. The zero-order valence-electron chi connectivity index (χ0n) is 12.5. The molecule has 1 aromatic carbocycles. The molecule has 0 N–H and O–H groups in total. The van der Waals surface area contributed by atoms with Crippen LogP contribution in [0.5, 0.6) is 0 Å². The second kappa shape index (κ2) is 6.17. The fourth-order valence-corrected chi connectivity index (χ4v) is 3.40. The lowest BCUT2D eigenvalue weighted by Gasteiger charge is -2.20. The third-order valence-corrected chi connectivity index (χ3v) is 4.55. The number of carbonyl (C=O) groups excluding carboxylic acids is 1. The topological polar surface area (TPSA) is 59.0 Å². The van der Waals surface area contributed by atoms with Crippen LogP contribution in [0.3, 0.4) is 0 Å². The molecule has 0 saturated heterocycles. The highest BCUT2D eigenvalue weighted by molar-refractivity contribution is 7.22. The molecule has 0 bridgehead atoms. The number of para-hydroxylation sites is 1. The molecule has 0 aliphatic heterocycles. The third kappa shape index (κ3) is 2.63. The van der Waals surface area contributed by atoms with E-state index in [1.54, 1.807) is 35.5 Å². The van der Waals surface area contributed by atoms with Crippen LogP contribution in [0.15, 0.2) is 73.3 Å². The molecule has 0 radical (unpaired) electrons. The summed E-state index contributed by atoms with van der Waals surface area (Å²) in [5, 5.41) is 1.69. The zero-order valence-corrected chi connectivity index (χ0v) is 13.4. The highest BCUT2D eigenvalue weighted by atomic mass is 32.1. The van der Waals surface area contributed by atoms with E-state index in [9.17, 15) is 4.79 Å². The number of anilines is 2. The summed E-state index contributed by atoms with van der Waals surface area (Å²) in [4.78, 5) is 28.1. The molecule has 4 aromatic rings. The Labute approximate surface area is 142 Å². The van der Waals surface area contributed by atoms with Crippen molar-refractivity contribution in [2.75, 3.05) is 4.90 Å². The molecule has 24 heavy (non-hydrogen) atoms. The van der Waals surface area contributed by atoms with E-state index in [4.69, 9.17) is 0 Å². The molecular formula is C18H12N4OS. The number of fused-ring (bicyclic) bond motifs is 1. The normalized spacial score (nSPS) is 10.7. The lowest BCUT2D eigenvalue weighted by atomic mass is 10.2. The smallest absolute Gasteiger partial charge is 0.266 e. The number of carbonyl (C=O) groups is 1. The van der Waals surface area contributed by atoms with Gasteiger partial charge in [-0.15, -0.1) is 0 Å². The highest BCUT2D eigenvalue weighted by Crippen LogP contribution is 2.36. The largest absolute Gasteiger partial charge is 0.282 e. The first-order valence-corrected chi connectivity index (χ1v) is 8.15. The molecule has 4 rings (SSSR count). The minimum atomic E-state index is -0.179. The summed E-state index contributed by atoms with van der Waals surface area (Å²) in [6, 6.07) is 16.8. The van der Waals surface area contributed by atoms with E-state index >= 15 is 0 Å². The van der Waals surface area contributed by atoms with Gasteiger partial charge in [0.1, 0.15) is 21.9 Å². The minimum absolute atomic E-state index is 0.179. The number of benzene rings is 1. The number of thiophene rings is 1. The van der Waals surface area contributed by atoms with E-state index in [2.05, 4.69) is 15.0 Å². The monoisotopic (exact) mass is 332 g/mol. The third-order valence-electron chi connectivity index (χ3n) is 3.50. The van der Waals surface area contributed by atoms with Gasteiger partial charge in [-0.05, 0) is 30.3 Å². The number of hydrogen-bond donors (Lipinski definition) is 0. The van der Waals surface area contributed by atoms with Crippen molar-refractivity contribution in [3.05, 3.63) is 79.0 Å². The van der Waals surface area contributed by atoms with Gasteiger partial charge in [0.05, 0.1) is 5.69 Å². The van der Waals surface area contributed by atoms with Crippen molar-refractivity contribution in [1.82, 2.24) is 15.0 Å². The summed E-state index contributed by atoms with van der Waals surface area (Å²) >= 11 is 1.45. The molecule has 0 saturated carbocycles. The predicted molar refractivity (Wildman–Crippen MR) is 94.6 cm³/mol. The first-order valence-electron chi connectivity index (χ1n) is 7.33. The average Bonchev–Trinajstić information content (AvgIpc) is 3.07. The Morgan fingerprint density at radius 1 is 1.00 bits per heavy atom. The fourth-order valence-electron chi connectivity index (χ4n) is 2.41. The quantitative estimate of drug-likeness (QED) is 0.567. The van der Waals surface area contributed by atoms with E-state index in [-0.39, 0.29) is 5.91 Å². The van der Waals surface area contributed by atoms with Crippen LogP contribution in [-0.4, -0.2) is 20.9 Å². The maximum Gasteiger partial charge on any atom is 0.282 e. The van der Waals surface area contributed by atoms with Crippen molar-refractivity contribution >= 4 is 38.1 Å². The number of rotatable bonds is 3. The van der Waals surface area contributed by atoms with Crippen LogP contribution in [0.25, 0.3) is 10.2 Å². The molecule has 3 aromatic heterocycles. The Morgan fingerprint density at radius 3 is 2.58 bits per heavy atom. The second-order valence-corrected chi connectivity index (χ2v) is 6.07. The van der Waals surface area contributed by atoms with Crippen LogP contribution < -0.4 is 4.90 Å². The standard InChI is InChI=1S/C18H12N4OS/c23-18(15-8-4-5-9-20-15)22(14-6-2-1-3-7-14)16-10-13-11-19-12-21-17(13)24-16/h1-12H. The summed E-state index contributed by atoms with van der Waals surface area (Å²) in [5.41, 5.74) is 1.18.